The zero-order valence-electron chi connectivity index (χ0n) is 14.7. The van der Waals surface area contributed by atoms with Crippen molar-refractivity contribution in [3.05, 3.63) is 50.3 Å². The van der Waals surface area contributed by atoms with Gasteiger partial charge in [0, 0.05) is 18.2 Å². The molecule has 0 saturated heterocycles. The van der Waals surface area contributed by atoms with E-state index in [1.165, 1.54) is 0 Å². The molecule has 28 heavy (non-hydrogen) atoms. The fraction of sp³-hybridized carbons (Fsp3) is 0.412. The third-order valence-corrected chi connectivity index (χ3v) is 5.32. The number of benzene rings is 1. The molecule has 3 N–H and O–H groups in total. The number of aliphatic imine (C=N–C) groups is 1. The molecule has 0 radical (unpaired) electrons. The molecule has 11 heteroatoms. The van der Waals surface area contributed by atoms with Gasteiger partial charge in [0.05, 0.1) is 4.92 Å². The predicted octanol–water partition coefficient (Wildman–Crippen LogP) is 3.54. The van der Waals surface area contributed by atoms with Gasteiger partial charge in [0.25, 0.3) is 5.69 Å². The third-order valence-electron chi connectivity index (χ3n) is 5.04. The van der Waals surface area contributed by atoms with Crippen LogP contribution >= 0.6 is 11.6 Å². The van der Waals surface area contributed by atoms with Gasteiger partial charge in [-0.3, -0.25) is 14.7 Å². The zero-order chi connectivity index (χ0) is 19.8. The molecule has 2 heterocycles. The highest BCUT2D eigenvalue weighted by Gasteiger charge is 2.30. The smallest absolute Gasteiger partial charge is 0.327 e. The molecule has 1 saturated carbocycles. The number of aromatic nitrogens is 2. The van der Waals surface area contributed by atoms with Gasteiger partial charge in [-0.05, 0) is 18.9 Å². The molecule has 1 atom stereocenters. The highest BCUT2D eigenvalue weighted by molar-refractivity contribution is 6.70. The number of fused-ring (bicyclic) bond motifs is 1. The van der Waals surface area contributed by atoms with E-state index in [1.54, 1.807) is 4.57 Å². The number of nitrogens with one attached hydrogen (secondary N) is 3. The summed E-state index contributed by atoms with van der Waals surface area (Å²) < 4.78 is 15.2. The van der Waals surface area contributed by atoms with Crippen molar-refractivity contribution in [2.24, 2.45) is 4.99 Å². The van der Waals surface area contributed by atoms with Crippen LogP contribution in [-0.4, -0.2) is 25.9 Å². The van der Waals surface area contributed by atoms with Gasteiger partial charge in [0.1, 0.15) is 23.0 Å². The van der Waals surface area contributed by atoms with Crippen LogP contribution in [0.5, 0.6) is 0 Å². The molecule has 4 rings (SSSR count). The molecule has 1 aliphatic carbocycles. The zero-order valence-corrected chi connectivity index (χ0v) is 15.5. The summed E-state index contributed by atoms with van der Waals surface area (Å²) >= 11 is 6.24. The van der Waals surface area contributed by atoms with E-state index < -0.39 is 17.0 Å². The van der Waals surface area contributed by atoms with E-state index >= 15 is 0 Å². The number of hydrogen-bond donors (Lipinski definition) is 3. The number of hydrogen-bond acceptors (Lipinski definition) is 6. The van der Waals surface area contributed by atoms with Crippen LogP contribution in [0.15, 0.2) is 28.0 Å². The van der Waals surface area contributed by atoms with Gasteiger partial charge in [-0.1, -0.05) is 30.9 Å². The van der Waals surface area contributed by atoms with Crippen molar-refractivity contribution < 1.29 is 9.31 Å². The molecule has 2 aliphatic rings. The number of aromatic amines is 1. The molecule has 9 nitrogen and oxygen atoms in total. The largest absolute Gasteiger partial charge is 0.341 e. The monoisotopic (exact) mass is 408 g/mol. The lowest BCUT2D eigenvalue weighted by molar-refractivity contribution is -0.384. The minimum Gasteiger partial charge on any atom is -0.341 e. The number of nitro groups is 1. The van der Waals surface area contributed by atoms with Crippen LogP contribution in [0.1, 0.15) is 43.8 Å². The number of nitro benzene ring substituents is 1. The highest BCUT2D eigenvalue weighted by Crippen LogP contribution is 2.33. The first kappa shape index (κ1) is 18.5. The SMILES string of the molecule is O=c1[nH]c2c(n1C1CCCCC1)NC(Nc1cc(F)ccc1[N+](=O)[O-])N=C2Cl. The van der Waals surface area contributed by atoms with Crippen molar-refractivity contribution in [1.29, 1.82) is 0 Å². The number of halogens is 2. The number of nitrogens with zero attached hydrogens (tertiary/aromatic N) is 3. The molecule has 1 aromatic carbocycles. The minimum atomic E-state index is -0.898. The van der Waals surface area contributed by atoms with Gasteiger partial charge in [-0.25, -0.2) is 14.2 Å². The second-order valence-electron chi connectivity index (χ2n) is 6.85. The summed E-state index contributed by atoms with van der Waals surface area (Å²) in [5.41, 5.74) is -0.237. The minimum absolute atomic E-state index is 0.0405. The summed E-state index contributed by atoms with van der Waals surface area (Å²) in [4.78, 5) is 30.0. The van der Waals surface area contributed by atoms with Crippen molar-refractivity contribution in [2.45, 2.75) is 44.4 Å². The molecular formula is C17H18ClFN6O3. The van der Waals surface area contributed by atoms with E-state index in [9.17, 15) is 19.3 Å². The first-order chi connectivity index (χ1) is 13.4. The van der Waals surface area contributed by atoms with E-state index in [2.05, 4.69) is 20.6 Å². The first-order valence-corrected chi connectivity index (χ1v) is 9.37. The van der Waals surface area contributed by atoms with Gasteiger partial charge >= 0.3 is 5.69 Å². The number of rotatable bonds is 4. The highest BCUT2D eigenvalue weighted by atomic mass is 35.5. The Labute approximate surface area is 163 Å². The molecule has 1 aromatic heterocycles. The van der Waals surface area contributed by atoms with Crippen molar-refractivity contribution >= 4 is 34.0 Å². The van der Waals surface area contributed by atoms with Gasteiger partial charge in [-0.2, -0.15) is 0 Å². The fourth-order valence-electron chi connectivity index (χ4n) is 3.77. The second kappa shape index (κ2) is 7.27. The Bertz CT molecular complexity index is 1010. The quantitative estimate of drug-likeness (QED) is 0.528. The lowest BCUT2D eigenvalue weighted by Gasteiger charge is -2.28. The maximum Gasteiger partial charge on any atom is 0.327 e. The van der Waals surface area contributed by atoms with Gasteiger partial charge in [-0.15, -0.1) is 0 Å². The Morgan fingerprint density at radius 2 is 2.07 bits per heavy atom. The molecular weight excluding hydrogens is 391 g/mol. The first-order valence-electron chi connectivity index (χ1n) is 8.99. The predicted molar refractivity (Wildman–Crippen MR) is 104 cm³/mol. The Hall–Kier alpha value is -2.88. The van der Waals surface area contributed by atoms with Crippen LogP contribution in [0.25, 0.3) is 0 Å². The van der Waals surface area contributed by atoms with E-state index in [4.69, 9.17) is 11.6 Å². The average Bonchev–Trinajstić information content (AvgIpc) is 2.99. The second-order valence-corrected chi connectivity index (χ2v) is 7.20. The van der Waals surface area contributed by atoms with E-state index in [-0.39, 0.29) is 28.3 Å². The number of anilines is 2. The van der Waals surface area contributed by atoms with Crippen LogP contribution in [0.4, 0.5) is 21.6 Å². The van der Waals surface area contributed by atoms with Crippen molar-refractivity contribution in [2.75, 3.05) is 10.6 Å². The molecule has 148 valence electrons. The number of H-pyrrole nitrogens is 1. The third kappa shape index (κ3) is 3.35. The standard InChI is InChI=1S/C17H18ClFN6O3/c18-14-13-15(24(17(26)21-13)10-4-2-1-3-5-10)23-16(22-14)20-11-8-9(19)6-7-12(11)25(27)28/h6-8,10,16,20,23H,1-5H2,(H,21,26). The Morgan fingerprint density at radius 3 is 2.79 bits per heavy atom. The van der Waals surface area contributed by atoms with E-state index in [0.717, 1.165) is 50.3 Å². The molecule has 1 aliphatic heterocycles. The summed E-state index contributed by atoms with van der Waals surface area (Å²) in [6.07, 6.45) is 4.08. The maximum absolute atomic E-state index is 13.6. The van der Waals surface area contributed by atoms with Crippen LogP contribution in [0.3, 0.4) is 0 Å². The van der Waals surface area contributed by atoms with Crippen LogP contribution in [-0.2, 0) is 0 Å². The van der Waals surface area contributed by atoms with Crippen molar-refractivity contribution in [1.82, 2.24) is 9.55 Å². The van der Waals surface area contributed by atoms with Crippen LogP contribution < -0.4 is 16.3 Å². The summed E-state index contributed by atoms with van der Waals surface area (Å²) in [6, 6.07) is 3.15. The summed E-state index contributed by atoms with van der Waals surface area (Å²) in [5, 5.41) is 17.1. The van der Waals surface area contributed by atoms with Crippen LogP contribution in [0.2, 0.25) is 0 Å². The Kier molecular flexibility index (Phi) is 4.80. The van der Waals surface area contributed by atoms with Crippen molar-refractivity contribution in [3.63, 3.8) is 0 Å². The molecule has 0 spiro atoms. The van der Waals surface area contributed by atoms with E-state index in [1.807, 2.05) is 0 Å². The lowest BCUT2D eigenvalue weighted by Crippen LogP contribution is -2.34. The van der Waals surface area contributed by atoms with E-state index in [0.29, 0.717) is 11.5 Å². The molecule has 0 bridgehead atoms. The summed E-state index contributed by atoms with van der Waals surface area (Å²) in [5.74, 6) is -0.145. The normalized spacial score (nSPS) is 19.5. The van der Waals surface area contributed by atoms with Gasteiger partial charge in [0.2, 0.25) is 0 Å². The van der Waals surface area contributed by atoms with Crippen molar-refractivity contribution in [3.8, 4) is 0 Å². The Morgan fingerprint density at radius 1 is 1.32 bits per heavy atom. The topological polar surface area (TPSA) is 117 Å². The molecule has 1 unspecified atom stereocenters. The molecule has 1 fully saturated rings. The summed E-state index contributed by atoms with van der Waals surface area (Å²) in [7, 11) is 0. The van der Waals surface area contributed by atoms with Gasteiger partial charge < -0.3 is 15.6 Å². The molecule has 2 aromatic rings. The fourth-order valence-corrected chi connectivity index (χ4v) is 4.00. The van der Waals surface area contributed by atoms with Crippen LogP contribution in [0, 0.1) is 15.9 Å². The Balaban J connectivity index is 1.67. The lowest BCUT2D eigenvalue weighted by atomic mass is 9.95. The summed E-state index contributed by atoms with van der Waals surface area (Å²) in [6.45, 7) is 0. The van der Waals surface area contributed by atoms with Gasteiger partial charge in [0.15, 0.2) is 11.5 Å². The molecule has 0 amide bonds. The maximum atomic E-state index is 13.6. The average molecular weight is 409 g/mol. The number of imidazole rings is 1.